The summed E-state index contributed by atoms with van der Waals surface area (Å²) in [5.41, 5.74) is 1.03. The van der Waals surface area contributed by atoms with Crippen LogP contribution in [0, 0.1) is 18.8 Å². The van der Waals surface area contributed by atoms with Gasteiger partial charge in [-0.15, -0.1) is 0 Å². The highest BCUT2D eigenvalue weighted by Crippen LogP contribution is 2.33. The number of halogens is 4. The van der Waals surface area contributed by atoms with Gasteiger partial charge in [0.15, 0.2) is 0 Å². The van der Waals surface area contributed by atoms with E-state index in [0.717, 1.165) is 25.0 Å². The Labute approximate surface area is 221 Å². The van der Waals surface area contributed by atoms with E-state index in [0.29, 0.717) is 33.8 Å². The van der Waals surface area contributed by atoms with E-state index in [2.05, 4.69) is 37.4 Å². The molecule has 0 spiro atoms. The number of alkyl halides is 3. The van der Waals surface area contributed by atoms with Gasteiger partial charge in [0.1, 0.15) is 0 Å². The highest BCUT2D eigenvalue weighted by atomic mass is 35.5. The van der Waals surface area contributed by atoms with Crippen molar-refractivity contribution in [1.82, 2.24) is 19.5 Å². The van der Waals surface area contributed by atoms with Crippen LogP contribution in [0.5, 0.6) is 0 Å². The minimum Gasteiger partial charge on any atom is -0.351 e. The molecule has 0 radical (unpaired) electrons. The Bertz CT molecular complexity index is 1570. The van der Waals surface area contributed by atoms with Gasteiger partial charge < -0.3 is 15.2 Å². The molecule has 1 aliphatic carbocycles. The number of nitrogens with one attached hydrogen (secondary N) is 2. The Morgan fingerprint density at radius 3 is 2.50 bits per heavy atom. The van der Waals surface area contributed by atoms with Crippen molar-refractivity contribution in [2.75, 3.05) is 10.6 Å². The fourth-order valence-electron chi connectivity index (χ4n) is 3.54. The van der Waals surface area contributed by atoms with Crippen molar-refractivity contribution < 1.29 is 18.0 Å². The Balaban J connectivity index is 1.37. The Kier molecular flexibility index (Phi) is 6.78. The predicted molar refractivity (Wildman–Crippen MR) is 137 cm³/mol. The summed E-state index contributed by atoms with van der Waals surface area (Å²) in [4.78, 5) is 25.5. The van der Waals surface area contributed by atoms with Crippen molar-refractivity contribution in [1.29, 1.82) is 0 Å². The molecular weight excluding hydrogens is 517 g/mol. The number of hydrogen-bond acceptors (Lipinski definition) is 5. The number of rotatable bonds is 5. The lowest BCUT2D eigenvalue weighted by atomic mass is 10.1. The fraction of sp³-hybridized carbons (Fsp3) is 0.185. The number of aromatic nitrogens is 4. The number of carbonyl (C=O) groups is 1. The minimum atomic E-state index is -4.61. The van der Waals surface area contributed by atoms with Gasteiger partial charge in [0.2, 0.25) is 5.95 Å². The number of benzene rings is 2. The van der Waals surface area contributed by atoms with E-state index in [1.807, 2.05) is 0 Å². The first-order chi connectivity index (χ1) is 18.1. The van der Waals surface area contributed by atoms with Gasteiger partial charge in [-0.1, -0.05) is 23.4 Å². The summed E-state index contributed by atoms with van der Waals surface area (Å²) in [5.74, 6) is 5.74. The molecule has 1 fully saturated rings. The molecule has 0 bridgehead atoms. The topological polar surface area (TPSA) is 84.7 Å². The maximum absolute atomic E-state index is 13.6. The number of aryl methyl sites for hydroxylation is 1. The van der Waals surface area contributed by atoms with Crippen molar-refractivity contribution in [2.45, 2.75) is 32.0 Å². The van der Waals surface area contributed by atoms with Crippen molar-refractivity contribution >= 4 is 29.1 Å². The summed E-state index contributed by atoms with van der Waals surface area (Å²) in [6.45, 7) is 1.72. The largest absolute Gasteiger partial charge is 0.416 e. The first-order valence-electron chi connectivity index (χ1n) is 11.6. The van der Waals surface area contributed by atoms with Gasteiger partial charge in [0.05, 0.1) is 28.2 Å². The predicted octanol–water partition coefficient (Wildman–Crippen LogP) is 5.87. The van der Waals surface area contributed by atoms with Crippen molar-refractivity contribution in [3.05, 3.63) is 94.3 Å². The number of amides is 1. The third-order valence-electron chi connectivity index (χ3n) is 5.65. The average Bonchev–Trinajstić information content (AvgIpc) is 3.59. The molecule has 5 rings (SSSR count). The quantitative estimate of drug-likeness (QED) is 0.312. The van der Waals surface area contributed by atoms with Gasteiger partial charge in [-0.2, -0.15) is 13.2 Å². The molecular formula is C27H20ClF3N6O. The fourth-order valence-corrected chi connectivity index (χ4v) is 3.71. The van der Waals surface area contributed by atoms with Crippen LogP contribution >= 0.6 is 11.6 Å². The van der Waals surface area contributed by atoms with E-state index in [1.165, 1.54) is 35.2 Å². The monoisotopic (exact) mass is 536 g/mol. The summed E-state index contributed by atoms with van der Waals surface area (Å²) in [6, 6.07) is 8.18. The number of anilines is 2. The summed E-state index contributed by atoms with van der Waals surface area (Å²) in [7, 11) is 0. The second kappa shape index (κ2) is 10.2. The molecule has 0 unspecified atom stereocenters. The molecule has 1 amide bonds. The zero-order chi connectivity index (χ0) is 26.9. The highest BCUT2D eigenvalue weighted by Gasteiger charge is 2.31. The van der Waals surface area contributed by atoms with Crippen LogP contribution in [-0.2, 0) is 6.18 Å². The SMILES string of the molecule is Cc1cn(-c2cc(NC(=O)c3ccc(Cl)c(C#Cc4cnc(NC5CC5)nc4)c3)cc(C(F)(F)F)c2)cn1. The summed E-state index contributed by atoms with van der Waals surface area (Å²) in [5, 5.41) is 6.05. The molecule has 0 saturated heterocycles. The highest BCUT2D eigenvalue weighted by molar-refractivity contribution is 6.32. The van der Waals surface area contributed by atoms with Crippen LogP contribution in [0.1, 0.15) is 45.6 Å². The number of carbonyl (C=O) groups excluding carboxylic acids is 1. The van der Waals surface area contributed by atoms with Gasteiger partial charge >= 0.3 is 6.18 Å². The van der Waals surface area contributed by atoms with E-state index in [4.69, 9.17) is 11.6 Å². The van der Waals surface area contributed by atoms with E-state index < -0.39 is 17.6 Å². The van der Waals surface area contributed by atoms with E-state index >= 15 is 0 Å². The number of imidazole rings is 1. The second-order valence-electron chi connectivity index (χ2n) is 8.80. The first-order valence-corrected chi connectivity index (χ1v) is 12.0. The Morgan fingerprint density at radius 1 is 1.08 bits per heavy atom. The molecule has 2 N–H and O–H groups in total. The van der Waals surface area contributed by atoms with Crippen LogP contribution in [-0.4, -0.2) is 31.5 Å². The van der Waals surface area contributed by atoms with Crippen molar-refractivity contribution in [2.24, 2.45) is 0 Å². The van der Waals surface area contributed by atoms with Crippen molar-refractivity contribution in [3.63, 3.8) is 0 Å². The van der Waals surface area contributed by atoms with Crippen LogP contribution in [0.15, 0.2) is 61.3 Å². The van der Waals surface area contributed by atoms with Crippen LogP contribution in [0.3, 0.4) is 0 Å². The molecule has 1 saturated carbocycles. The first kappa shape index (κ1) is 25.3. The summed E-state index contributed by atoms with van der Waals surface area (Å²) in [6.07, 6.45) is 3.77. The van der Waals surface area contributed by atoms with Gasteiger partial charge in [0.25, 0.3) is 5.91 Å². The van der Waals surface area contributed by atoms with Gasteiger partial charge in [0, 0.05) is 47.1 Å². The zero-order valence-electron chi connectivity index (χ0n) is 20.0. The number of nitrogens with zero attached hydrogens (tertiary/aromatic N) is 4. The third kappa shape index (κ3) is 6.12. The lowest BCUT2D eigenvalue weighted by Crippen LogP contribution is -2.14. The molecule has 2 heterocycles. The van der Waals surface area contributed by atoms with Crippen LogP contribution in [0.4, 0.5) is 24.8 Å². The Hall–Kier alpha value is -4.36. The smallest absolute Gasteiger partial charge is 0.351 e. The summed E-state index contributed by atoms with van der Waals surface area (Å²) >= 11 is 6.27. The summed E-state index contributed by atoms with van der Waals surface area (Å²) < 4.78 is 42.1. The maximum atomic E-state index is 13.6. The van der Waals surface area contributed by atoms with Crippen LogP contribution in [0.2, 0.25) is 5.02 Å². The number of hydrogen-bond donors (Lipinski definition) is 2. The van der Waals surface area contributed by atoms with Crippen LogP contribution in [0.25, 0.3) is 5.69 Å². The molecule has 0 atom stereocenters. The second-order valence-corrected chi connectivity index (χ2v) is 9.21. The lowest BCUT2D eigenvalue weighted by Gasteiger charge is -2.14. The van der Waals surface area contributed by atoms with Gasteiger partial charge in [-0.25, -0.2) is 15.0 Å². The molecule has 1 aliphatic rings. The van der Waals surface area contributed by atoms with E-state index in [-0.39, 0.29) is 16.9 Å². The molecule has 4 aromatic rings. The normalized spacial score (nSPS) is 13.0. The third-order valence-corrected chi connectivity index (χ3v) is 5.97. The molecule has 38 heavy (non-hydrogen) atoms. The molecule has 11 heteroatoms. The standard InChI is InChI=1S/C27H20ClF3N6O/c1-16-14-37(15-34-16)23-10-20(27(29,30)31)9-22(11-23)35-25(38)19-4-7-24(28)18(8-19)3-2-17-12-32-26(33-13-17)36-21-5-6-21/h4,7-15,21H,5-6H2,1H3,(H,35,38)(H,32,33,36). The van der Waals surface area contributed by atoms with Gasteiger partial charge in [-0.05, 0) is 56.2 Å². The molecule has 0 aliphatic heterocycles. The zero-order valence-corrected chi connectivity index (χ0v) is 20.7. The van der Waals surface area contributed by atoms with E-state index in [1.54, 1.807) is 25.5 Å². The van der Waals surface area contributed by atoms with Gasteiger partial charge in [-0.3, -0.25) is 4.79 Å². The maximum Gasteiger partial charge on any atom is 0.416 e. The molecule has 2 aromatic heterocycles. The average molecular weight is 537 g/mol. The molecule has 192 valence electrons. The molecule has 7 nitrogen and oxygen atoms in total. The van der Waals surface area contributed by atoms with Crippen LogP contribution < -0.4 is 10.6 Å². The Morgan fingerprint density at radius 2 is 1.84 bits per heavy atom. The van der Waals surface area contributed by atoms with E-state index in [9.17, 15) is 18.0 Å². The minimum absolute atomic E-state index is 0.0224. The lowest BCUT2D eigenvalue weighted by molar-refractivity contribution is -0.137. The molecule has 2 aromatic carbocycles. The van der Waals surface area contributed by atoms with Crippen molar-refractivity contribution in [3.8, 4) is 17.5 Å².